The molecule has 3 nitrogen and oxygen atoms in total. The molecule has 0 spiro atoms. The van der Waals surface area contributed by atoms with Crippen LogP contribution in [0.3, 0.4) is 0 Å². The van der Waals surface area contributed by atoms with Crippen molar-refractivity contribution >= 4 is 33.0 Å². The Morgan fingerprint density at radius 3 is 2.58 bits per heavy atom. The zero-order valence-corrected chi connectivity index (χ0v) is 12.5. The van der Waals surface area contributed by atoms with E-state index >= 15 is 0 Å². The number of rotatable bonds is 2. The molecule has 0 aromatic heterocycles. The van der Waals surface area contributed by atoms with Crippen LogP contribution in [0.5, 0.6) is 0 Å². The van der Waals surface area contributed by atoms with Crippen molar-refractivity contribution in [3.63, 3.8) is 0 Å². The van der Waals surface area contributed by atoms with Crippen LogP contribution in [0.15, 0.2) is 23.1 Å². The van der Waals surface area contributed by atoms with Crippen molar-refractivity contribution in [2.45, 2.75) is 35.8 Å². The molecule has 2 atom stereocenters. The fraction of sp³-hybridized carbons (Fsp3) is 0.462. The number of benzene rings is 1. The zero-order valence-electron chi connectivity index (χ0n) is 10.1. The first-order valence-electron chi connectivity index (χ1n) is 6.05. The van der Waals surface area contributed by atoms with Crippen molar-refractivity contribution in [1.82, 2.24) is 0 Å². The van der Waals surface area contributed by atoms with Crippen LogP contribution < -0.4 is 0 Å². The third-order valence-electron chi connectivity index (χ3n) is 3.47. The Balaban J connectivity index is 2.47. The molecule has 2 rings (SSSR count). The largest absolute Gasteiger partial charge is 0.223 e. The third-order valence-corrected chi connectivity index (χ3v) is 6.46. The first kappa shape index (κ1) is 14.6. The molecule has 0 radical (unpaired) electrons. The molecule has 0 aliphatic heterocycles. The maximum atomic E-state index is 12.6. The van der Waals surface area contributed by atoms with Gasteiger partial charge < -0.3 is 0 Å². The number of halogens is 2. The van der Waals surface area contributed by atoms with E-state index in [4.69, 9.17) is 28.5 Å². The van der Waals surface area contributed by atoms with Gasteiger partial charge in [-0.3, -0.25) is 0 Å². The third kappa shape index (κ3) is 2.89. The van der Waals surface area contributed by atoms with Crippen molar-refractivity contribution in [2.24, 2.45) is 5.92 Å². The second-order valence-corrected chi connectivity index (χ2v) is 7.66. The van der Waals surface area contributed by atoms with E-state index in [9.17, 15) is 8.42 Å². The monoisotopic (exact) mass is 317 g/mol. The molecule has 1 aromatic rings. The molecular formula is C13H13Cl2NO2S. The molecule has 0 amide bonds. The zero-order chi connectivity index (χ0) is 14.0. The van der Waals surface area contributed by atoms with E-state index in [1.54, 1.807) is 6.07 Å². The van der Waals surface area contributed by atoms with Gasteiger partial charge in [0.05, 0.1) is 27.2 Å². The van der Waals surface area contributed by atoms with Gasteiger partial charge in [0.1, 0.15) is 0 Å². The molecule has 1 aromatic carbocycles. The Morgan fingerprint density at radius 2 is 1.89 bits per heavy atom. The normalized spacial score (nSPS) is 23.8. The fourth-order valence-electron chi connectivity index (χ4n) is 2.47. The summed E-state index contributed by atoms with van der Waals surface area (Å²) in [5.41, 5.74) is 0. The number of sulfone groups is 1. The van der Waals surface area contributed by atoms with Gasteiger partial charge in [0.25, 0.3) is 0 Å². The summed E-state index contributed by atoms with van der Waals surface area (Å²) in [5.74, 6) is -0.464. The van der Waals surface area contributed by atoms with Crippen LogP contribution in [-0.4, -0.2) is 13.7 Å². The van der Waals surface area contributed by atoms with Crippen LogP contribution >= 0.6 is 23.2 Å². The molecule has 1 aliphatic rings. The van der Waals surface area contributed by atoms with E-state index in [1.807, 2.05) is 0 Å². The molecule has 1 aliphatic carbocycles. The maximum absolute atomic E-state index is 12.6. The number of hydrogen-bond donors (Lipinski definition) is 0. The quantitative estimate of drug-likeness (QED) is 0.832. The summed E-state index contributed by atoms with van der Waals surface area (Å²) in [5, 5.41) is 8.93. The minimum absolute atomic E-state index is 0.0359. The van der Waals surface area contributed by atoms with Crippen LogP contribution in [0, 0.1) is 17.2 Å². The predicted octanol–water partition coefficient (Wildman–Crippen LogP) is 3.85. The van der Waals surface area contributed by atoms with E-state index in [0.717, 1.165) is 12.8 Å². The Bertz CT molecular complexity index is 622. The van der Waals surface area contributed by atoms with Crippen molar-refractivity contribution in [3.05, 3.63) is 28.2 Å². The van der Waals surface area contributed by atoms with Gasteiger partial charge in [-0.1, -0.05) is 36.0 Å². The molecule has 1 saturated carbocycles. The highest BCUT2D eigenvalue weighted by Gasteiger charge is 2.37. The number of nitrogens with zero attached hydrogens (tertiary/aromatic N) is 1. The molecule has 2 unspecified atom stereocenters. The molecule has 1 fully saturated rings. The highest BCUT2D eigenvalue weighted by atomic mass is 35.5. The van der Waals surface area contributed by atoms with Crippen molar-refractivity contribution in [1.29, 1.82) is 5.26 Å². The van der Waals surface area contributed by atoms with Crippen molar-refractivity contribution < 1.29 is 8.42 Å². The van der Waals surface area contributed by atoms with E-state index in [1.165, 1.54) is 12.1 Å². The summed E-state index contributed by atoms with van der Waals surface area (Å²) in [7, 11) is -3.62. The van der Waals surface area contributed by atoms with Gasteiger partial charge in [-0.15, -0.1) is 0 Å². The van der Waals surface area contributed by atoms with Crippen LogP contribution in [0.2, 0.25) is 10.0 Å². The highest BCUT2D eigenvalue weighted by molar-refractivity contribution is 7.92. The highest BCUT2D eigenvalue weighted by Crippen LogP contribution is 2.36. The molecule has 0 saturated heterocycles. The first-order chi connectivity index (χ1) is 8.96. The molecule has 0 bridgehead atoms. The predicted molar refractivity (Wildman–Crippen MR) is 75.0 cm³/mol. The van der Waals surface area contributed by atoms with Crippen molar-refractivity contribution in [3.8, 4) is 6.07 Å². The first-order valence-corrected chi connectivity index (χ1v) is 8.35. The Labute approximate surface area is 123 Å². The summed E-state index contributed by atoms with van der Waals surface area (Å²) >= 11 is 11.8. The lowest BCUT2D eigenvalue weighted by atomic mass is 9.90. The van der Waals surface area contributed by atoms with Gasteiger partial charge in [0, 0.05) is 5.02 Å². The standard InChI is InChI=1S/C13H13Cl2NO2S/c14-10-5-6-11(15)13(7-10)19(17,18)12-4-2-1-3-9(12)8-16/h5-7,9,12H,1-4H2. The van der Waals surface area contributed by atoms with Crippen molar-refractivity contribution in [2.75, 3.05) is 0 Å². The molecule has 102 valence electrons. The molecular weight excluding hydrogens is 305 g/mol. The lowest BCUT2D eigenvalue weighted by molar-refractivity contribution is 0.418. The lowest BCUT2D eigenvalue weighted by Gasteiger charge is -2.26. The average Bonchev–Trinajstić information content (AvgIpc) is 2.41. The Morgan fingerprint density at radius 1 is 1.21 bits per heavy atom. The van der Waals surface area contributed by atoms with Gasteiger partial charge in [0.2, 0.25) is 0 Å². The van der Waals surface area contributed by atoms with Gasteiger partial charge in [-0.25, -0.2) is 8.42 Å². The number of nitriles is 1. The summed E-state index contributed by atoms with van der Waals surface area (Å²) < 4.78 is 25.3. The van der Waals surface area contributed by atoms with Crippen LogP contribution in [-0.2, 0) is 9.84 Å². The van der Waals surface area contributed by atoms with E-state index < -0.39 is 21.0 Å². The Hall–Kier alpha value is -0.760. The summed E-state index contributed by atoms with van der Waals surface area (Å²) in [4.78, 5) is 0.0359. The lowest BCUT2D eigenvalue weighted by Crippen LogP contribution is -2.32. The SMILES string of the molecule is N#CC1CCCCC1S(=O)(=O)c1cc(Cl)ccc1Cl. The Kier molecular flexibility index (Phi) is 4.39. The molecule has 6 heteroatoms. The summed E-state index contributed by atoms with van der Waals surface area (Å²) in [6, 6.07) is 6.49. The molecule has 0 N–H and O–H groups in total. The fourth-order valence-corrected chi connectivity index (χ4v) is 5.21. The second-order valence-electron chi connectivity index (χ2n) is 4.68. The average molecular weight is 318 g/mol. The summed E-state index contributed by atoms with van der Waals surface area (Å²) in [6.07, 6.45) is 2.84. The topological polar surface area (TPSA) is 57.9 Å². The minimum atomic E-state index is -3.62. The number of hydrogen-bond acceptors (Lipinski definition) is 3. The van der Waals surface area contributed by atoms with Gasteiger partial charge in [-0.05, 0) is 31.0 Å². The van der Waals surface area contributed by atoms with E-state index in [0.29, 0.717) is 17.9 Å². The minimum Gasteiger partial charge on any atom is -0.223 e. The molecule has 19 heavy (non-hydrogen) atoms. The summed E-state index contributed by atoms with van der Waals surface area (Å²) in [6.45, 7) is 0. The molecule has 0 heterocycles. The van der Waals surface area contributed by atoms with Crippen LogP contribution in [0.4, 0.5) is 0 Å². The van der Waals surface area contributed by atoms with Crippen LogP contribution in [0.1, 0.15) is 25.7 Å². The van der Waals surface area contributed by atoms with Gasteiger partial charge >= 0.3 is 0 Å². The van der Waals surface area contributed by atoms with E-state index in [-0.39, 0.29) is 9.92 Å². The van der Waals surface area contributed by atoms with Gasteiger partial charge in [-0.2, -0.15) is 5.26 Å². The smallest absolute Gasteiger partial charge is 0.184 e. The van der Waals surface area contributed by atoms with Gasteiger partial charge in [0.15, 0.2) is 9.84 Å². The van der Waals surface area contributed by atoms with E-state index in [2.05, 4.69) is 6.07 Å². The maximum Gasteiger partial charge on any atom is 0.184 e. The second kappa shape index (κ2) is 5.70. The van der Waals surface area contributed by atoms with Crippen LogP contribution in [0.25, 0.3) is 0 Å².